The van der Waals surface area contributed by atoms with Crippen LogP contribution in [0.1, 0.15) is 25.0 Å². The number of para-hydroxylation sites is 1. The number of nitrogens with two attached hydrogens (primary N) is 1. The van der Waals surface area contributed by atoms with Crippen LogP contribution in [0.25, 0.3) is 0 Å². The molecule has 0 aliphatic carbocycles. The molecule has 5 heteroatoms. The zero-order valence-electron chi connectivity index (χ0n) is 12.0. The van der Waals surface area contributed by atoms with E-state index >= 15 is 0 Å². The van der Waals surface area contributed by atoms with Crippen molar-refractivity contribution in [2.75, 3.05) is 14.1 Å². The van der Waals surface area contributed by atoms with Crippen molar-refractivity contribution in [3.63, 3.8) is 0 Å². The van der Waals surface area contributed by atoms with Gasteiger partial charge in [0, 0.05) is 14.1 Å². The summed E-state index contributed by atoms with van der Waals surface area (Å²) >= 11 is 5.15. The molecule has 0 heterocycles. The number of nitrogens with zero attached hydrogens (tertiary/aromatic N) is 2. The Morgan fingerprint density at radius 2 is 1.84 bits per heavy atom. The third-order valence-corrected chi connectivity index (χ3v) is 3.53. The van der Waals surface area contributed by atoms with Gasteiger partial charge in [0.2, 0.25) is 5.96 Å². The summed E-state index contributed by atoms with van der Waals surface area (Å²) in [6.07, 6.45) is 1.86. The van der Waals surface area contributed by atoms with Crippen molar-refractivity contribution >= 4 is 29.0 Å². The monoisotopic (exact) mass is 278 g/mol. The minimum atomic E-state index is 0.398. The van der Waals surface area contributed by atoms with Gasteiger partial charge in [-0.15, -0.1) is 0 Å². The molecule has 0 saturated heterocycles. The van der Waals surface area contributed by atoms with E-state index in [-0.39, 0.29) is 0 Å². The predicted molar refractivity (Wildman–Crippen MR) is 85.9 cm³/mol. The Morgan fingerprint density at radius 1 is 1.32 bits per heavy atom. The number of hydrogen-bond donors (Lipinski definition) is 2. The number of aliphatic imine (C=N–C) groups is 1. The van der Waals surface area contributed by atoms with Crippen LogP contribution >= 0.6 is 12.2 Å². The second kappa shape index (κ2) is 7.09. The first-order valence-electron chi connectivity index (χ1n) is 6.45. The van der Waals surface area contributed by atoms with Gasteiger partial charge in [0.15, 0.2) is 5.11 Å². The van der Waals surface area contributed by atoms with Gasteiger partial charge >= 0.3 is 0 Å². The van der Waals surface area contributed by atoms with Gasteiger partial charge in [0.25, 0.3) is 0 Å². The molecule has 0 spiro atoms. The summed E-state index contributed by atoms with van der Waals surface area (Å²) < 4.78 is 0. The Hall–Kier alpha value is -1.62. The second-order valence-electron chi connectivity index (χ2n) is 4.22. The number of nitrogens with one attached hydrogen (secondary N) is 1. The van der Waals surface area contributed by atoms with E-state index in [0.29, 0.717) is 11.1 Å². The van der Waals surface area contributed by atoms with E-state index < -0.39 is 0 Å². The maximum atomic E-state index is 6.02. The Morgan fingerprint density at radius 3 is 2.26 bits per heavy atom. The smallest absolute Gasteiger partial charge is 0.202 e. The molecule has 1 aromatic rings. The largest absolute Gasteiger partial charge is 0.369 e. The van der Waals surface area contributed by atoms with Crippen molar-refractivity contribution in [1.29, 1.82) is 0 Å². The van der Waals surface area contributed by atoms with E-state index in [2.05, 4.69) is 42.4 Å². The topological polar surface area (TPSA) is 53.6 Å². The van der Waals surface area contributed by atoms with Crippen LogP contribution in [0.5, 0.6) is 0 Å². The molecule has 1 aromatic carbocycles. The van der Waals surface area contributed by atoms with E-state index in [0.717, 1.165) is 18.5 Å². The van der Waals surface area contributed by atoms with Crippen molar-refractivity contribution in [2.45, 2.75) is 26.7 Å². The van der Waals surface area contributed by atoms with Gasteiger partial charge in [0.05, 0.1) is 5.69 Å². The van der Waals surface area contributed by atoms with Gasteiger partial charge in [-0.25, -0.2) is 4.99 Å². The third kappa shape index (κ3) is 3.67. The lowest BCUT2D eigenvalue weighted by Crippen LogP contribution is -2.43. The maximum absolute atomic E-state index is 6.02. The molecule has 4 nitrogen and oxygen atoms in total. The minimum Gasteiger partial charge on any atom is -0.369 e. The minimum absolute atomic E-state index is 0.398. The van der Waals surface area contributed by atoms with Gasteiger partial charge in [-0.1, -0.05) is 32.0 Å². The molecule has 0 radical (unpaired) electrons. The first-order chi connectivity index (χ1) is 9.04. The summed E-state index contributed by atoms with van der Waals surface area (Å²) in [5, 5.41) is 3.43. The lowest BCUT2D eigenvalue weighted by molar-refractivity contribution is 0.724. The molecule has 0 aliphatic heterocycles. The summed E-state index contributed by atoms with van der Waals surface area (Å²) in [6, 6.07) is 6.23. The van der Waals surface area contributed by atoms with E-state index in [9.17, 15) is 0 Å². The molecular weight excluding hydrogens is 256 g/mol. The van der Waals surface area contributed by atoms with Crippen LogP contribution in [0.4, 0.5) is 5.69 Å². The van der Waals surface area contributed by atoms with Gasteiger partial charge in [0.1, 0.15) is 0 Å². The number of rotatable bonds is 3. The molecule has 0 atom stereocenters. The Bertz CT molecular complexity index is 460. The molecule has 1 rings (SSSR count). The molecule has 0 aromatic heterocycles. The van der Waals surface area contributed by atoms with E-state index in [1.165, 1.54) is 11.1 Å². The highest BCUT2D eigenvalue weighted by Gasteiger charge is 2.10. The maximum Gasteiger partial charge on any atom is 0.202 e. The number of hydrogen-bond acceptors (Lipinski definition) is 2. The van der Waals surface area contributed by atoms with Crippen LogP contribution in [0.15, 0.2) is 23.2 Å². The number of aryl methyl sites for hydroxylation is 2. The highest BCUT2D eigenvalue weighted by molar-refractivity contribution is 7.80. The summed E-state index contributed by atoms with van der Waals surface area (Å²) in [7, 11) is 3.57. The third-order valence-electron chi connectivity index (χ3n) is 3.05. The zero-order chi connectivity index (χ0) is 14.4. The van der Waals surface area contributed by atoms with Crippen LogP contribution in [0.3, 0.4) is 0 Å². The van der Waals surface area contributed by atoms with E-state index in [1.54, 1.807) is 19.0 Å². The molecule has 0 unspecified atom stereocenters. The van der Waals surface area contributed by atoms with Crippen molar-refractivity contribution < 1.29 is 0 Å². The van der Waals surface area contributed by atoms with Gasteiger partial charge in [-0.05, 0) is 36.2 Å². The number of thiocarbonyl (C=S) groups is 1. The summed E-state index contributed by atoms with van der Waals surface area (Å²) in [6.45, 7) is 4.23. The predicted octanol–water partition coefficient (Wildman–Crippen LogP) is 2.19. The molecule has 0 bridgehead atoms. The lowest BCUT2D eigenvalue weighted by atomic mass is 10.0. The average Bonchev–Trinajstić information content (AvgIpc) is 2.45. The number of benzene rings is 1. The molecular formula is C14H22N4S. The summed E-state index contributed by atoms with van der Waals surface area (Å²) in [5.41, 5.74) is 9.39. The van der Waals surface area contributed by atoms with Crippen LogP contribution in [-0.2, 0) is 12.8 Å². The molecule has 3 N–H and O–H groups in total. The Balaban J connectivity index is 3.19. The summed E-state index contributed by atoms with van der Waals surface area (Å²) in [5.74, 6) is 0.398. The first-order valence-corrected chi connectivity index (χ1v) is 6.86. The Kier molecular flexibility index (Phi) is 5.76. The van der Waals surface area contributed by atoms with E-state index in [1.807, 2.05) is 0 Å². The standard InChI is InChI=1S/C14H22N4S/c1-5-10-8-7-9-11(6-2)12(10)17-13(15)18(4)14(19)16-3/h7-9H,5-6H2,1-4H3,(H2,15,17)(H,16,19). The Labute approximate surface area is 120 Å². The molecule has 0 aliphatic rings. The normalized spacial score (nSPS) is 11.3. The fraction of sp³-hybridized carbons (Fsp3) is 0.429. The van der Waals surface area contributed by atoms with Crippen molar-refractivity contribution in [3.05, 3.63) is 29.3 Å². The van der Waals surface area contributed by atoms with Gasteiger partial charge in [-0.2, -0.15) is 0 Å². The fourth-order valence-corrected chi connectivity index (χ4v) is 1.91. The van der Waals surface area contributed by atoms with Crippen LogP contribution in [0, 0.1) is 0 Å². The highest BCUT2D eigenvalue weighted by atomic mass is 32.1. The molecule has 104 valence electrons. The summed E-state index contributed by atoms with van der Waals surface area (Å²) in [4.78, 5) is 6.23. The molecule has 0 saturated carbocycles. The lowest BCUT2D eigenvalue weighted by Gasteiger charge is -2.19. The van der Waals surface area contributed by atoms with Crippen LogP contribution in [0.2, 0.25) is 0 Å². The average molecular weight is 278 g/mol. The van der Waals surface area contributed by atoms with Crippen LogP contribution < -0.4 is 11.1 Å². The SMILES string of the molecule is CCc1cccc(CC)c1N=C(N)N(C)C(=S)NC. The van der Waals surface area contributed by atoms with Crippen LogP contribution in [-0.4, -0.2) is 30.1 Å². The van der Waals surface area contributed by atoms with Crippen molar-refractivity contribution in [1.82, 2.24) is 10.2 Å². The first kappa shape index (κ1) is 15.4. The van der Waals surface area contributed by atoms with Gasteiger partial charge in [-0.3, -0.25) is 4.90 Å². The highest BCUT2D eigenvalue weighted by Crippen LogP contribution is 2.25. The fourth-order valence-electron chi connectivity index (χ4n) is 1.82. The van der Waals surface area contributed by atoms with E-state index in [4.69, 9.17) is 18.0 Å². The quantitative estimate of drug-likeness (QED) is 0.505. The van der Waals surface area contributed by atoms with Gasteiger partial charge < -0.3 is 11.1 Å². The number of guanidine groups is 1. The van der Waals surface area contributed by atoms with Crippen molar-refractivity contribution in [2.24, 2.45) is 10.7 Å². The van der Waals surface area contributed by atoms with Crippen molar-refractivity contribution in [3.8, 4) is 0 Å². The molecule has 0 amide bonds. The zero-order valence-corrected chi connectivity index (χ0v) is 12.8. The molecule has 19 heavy (non-hydrogen) atoms. The molecule has 0 fully saturated rings. The second-order valence-corrected chi connectivity index (χ2v) is 4.60.